The summed E-state index contributed by atoms with van der Waals surface area (Å²) < 4.78 is 5.21. The lowest BCUT2D eigenvalue weighted by Crippen LogP contribution is -2.01. The van der Waals surface area contributed by atoms with E-state index in [1.54, 1.807) is 49.6 Å². The lowest BCUT2D eigenvalue weighted by molar-refractivity contribution is 0.104. The Balaban J connectivity index is 2.40. The Morgan fingerprint density at radius 2 is 1.75 bits per heavy atom. The van der Waals surface area contributed by atoms with Gasteiger partial charge in [-0.25, -0.2) is 0 Å². The molecule has 2 aromatic rings. The molecule has 3 heteroatoms. The molecule has 0 atom stereocenters. The van der Waals surface area contributed by atoms with Crippen molar-refractivity contribution in [3.05, 3.63) is 71.3 Å². The number of hydrogen-bond acceptors (Lipinski definition) is 3. The fourth-order valence-electron chi connectivity index (χ4n) is 1.83. The summed E-state index contributed by atoms with van der Waals surface area (Å²) in [4.78, 5) is 12.2. The van der Waals surface area contributed by atoms with Crippen LogP contribution in [-0.2, 0) is 0 Å². The molecular formula is C17H13NO2. The SMILES string of the molecule is COc1ccccc1/C=C(/C#N)C(=O)c1ccccc1. The second-order valence-electron chi connectivity index (χ2n) is 4.11. The van der Waals surface area contributed by atoms with Crippen LogP contribution in [0.5, 0.6) is 5.75 Å². The molecule has 0 spiro atoms. The van der Waals surface area contributed by atoms with E-state index in [1.165, 1.54) is 0 Å². The molecule has 0 bridgehead atoms. The van der Waals surface area contributed by atoms with E-state index in [0.717, 1.165) is 0 Å². The third kappa shape index (κ3) is 2.93. The first-order chi connectivity index (χ1) is 9.76. The van der Waals surface area contributed by atoms with E-state index in [9.17, 15) is 10.1 Å². The van der Waals surface area contributed by atoms with Gasteiger partial charge in [-0.05, 0) is 12.1 Å². The molecule has 0 aromatic heterocycles. The van der Waals surface area contributed by atoms with E-state index in [-0.39, 0.29) is 11.4 Å². The fraction of sp³-hybridized carbons (Fsp3) is 0.0588. The van der Waals surface area contributed by atoms with Crippen molar-refractivity contribution in [2.24, 2.45) is 0 Å². The van der Waals surface area contributed by atoms with Gasteiger partial charge in [-0.3, -0.25) is 4.79 Å². The molecule has 0 amide bonds. The van der Waals surface area contributed by atoms with Gasteiger partial charge in [0.15, 0.2) is 0 Å². The summed E-state index contributed by atoms with van der Waals surface area (Å²) in [5, 5.41) is 9.20. The average molecular weight is 263 g/mol. The Hall–Kier alpha value is -2.86. The molecule has 2 aromatic carbocycles. The Bertz CT molecular complexity index is 682. The number of nitrogens with zero attached hydrogens (tertiary/aromatic N) is 1. The number of para-hydroxylation sites is 1. The van der Waals surface area contributed by atoms with Crippen LogP contribution in [0.4, 0.5) is 0 Å². The molecule has 0 saturated carbocycles. The molecule has 0 heterocycles. The van der Waals surface area contributed by atoms with Crippen LogP contribution in [-0.4, -0.2) is 12.9 Å². The molecule has 0 unspecified atom stereocenters. The van der Waals surface area contributed by atoms with Gasteiger partial charge in [0, 0.05) is 11.1 Å². The monoisotopic (exact) mass is 263 g/mol. The number of carbonyl (C=O) groups excluding carboxylic acids is 1. The summed E-state index contributed by atoms with van der Waals surface area (Å²) in [6.07, 6.45) is 1.55. The largest absolute Gasteiger partial charge is 0.496 e. The Labute approximate surface area is 117 Å². The molecule has 0 radical (unpaired) electrons. The van der Waals surface area contributed by atoms with Crippen molar-refractivity contribution in [2.45, 2.75) is 0 Å². The first-order valence-electron chi connectivity index (χ1n) is 6.11. The van der Waals surface area contributed by atoms with Gasteiger partial charge in [-0.1, -0.05) is 48.5 Å². The summed E-state index contributed by atoms with van der Waals surface area (Å²) in [5.74, 6) is 0.333. The number of ether oxygens (including phenoxy) is 1. The normalized spacial score (nSPS) is 10.7. The van der Waals surface area contributed by atoms with Crippen LogP contribution in [0.25, 0.3) is 6.08 Å². The van der Waals surface area contributed by atoms with Crippen molar-refractivity contribution in [3.8, 4) is 11.8 Å². The van der Waals surface area contributed by atoms with Gasteiger partial charge in [-0.2, -0.15) is 5.26 Å². The number of allylic oxidation sites excluding steroid dienone is 1. The molecule has 20 heavy (non-hydrogen) atoms. The second-order valence-corrected chi connectivity index (χ2v) is 4.11. The maximum absolute atomic E-state index is 12.2. The highest BCUT2D eigenvalue weighted by Gasteiger charge is 2.12. The van der Waals surface area contributed by atoms with Crippen molar-refractivity contribution in [1.29, 1.82) is 5.26 Å². The molecule has 0 saturated heterocycles. The zero-order valence-corrected chi connectivity index (χ0v) is 11.0. The number of benzene rings is 2. The lowest BCUT2D eigenvalue weighted by atomic mass is 10.0. The molecule has 0 aliphatic rings. The number of carbonyl (C=O) groups is 1. The van der Waals surface area contributed by atoms with Gasteiger partial charge >= 0.3 is 0 Å². The zero-order valence-electron chi connectivity index (χ0n) is 11.0. The maximum Gasteiger partial charge on any atom is 0.203 e. The van der Waals surface area contributed by atoms with Crippen molar-refractivity contribution in [3.63, 3.8) is 0 Å². The molecule has 0 fully saturated rings. The smallest absolute Gasteiger partial charge is 0.203 e. The standard InChI is InChI=1S/C17H13NO2/c1-20-16-10-6-5-9-14(16)11-15(12-18)17(19)13-7-3-2-4-8-13/h2-11H,1H3/b15-11-. The Morgan fingerprint density at radius 3 is 2.40 bits per heavy atom. The van der Waals surface area contributed by atoms with E-state index < -0.39 is 0 Å². The van der Waals surface area contributed by atoms with E-state index in [0.29, 0.717) is 16.9 Å². The predicted molar refractivity (Wildman–Crippen MR) is 77.4 cm³/mol. The Kier molecular flexibility index (Phi) is 4.31. The van der Waals surface area contributed by atoms with Crippen LogP contribution in [0.3, 0.4) is 0 Å². The van der Waals surface area contributed by atoms with Gasteiger partial charge in [-0.15, -0.1) is 0 Å². The fourth-order valence-corrected chi connectivity index (χ4v) is 1.83. The van der Waals surface area contributed by atoms with Gasteiger partial charge < -0.3 is 4.74 Å². The third-order valence-corrected chi connectivity index (χ3v) is 2.84. The topological polar surface area (TPSA) is 50.1 Å². The van der Waals surface area contributed by atoms with Crippen molar-refractivity contribution in [1.82, 2.24) is 0 Å². The van der Waals surface area contributed by atoms with Crippen molar-refractivity contribution >= 4 is 11.9 Å². The van der Waals surface area contributed by atoms with Crippen molar-refractivity contribution in [2.75, 3.05) is 7.11 Å². The second kappa shape index (κ2) is 6.35. The van der Waals surface area contributed by atoms with Gasteiger partial charge in [0.05, 0.1) is 7.11 Å². The van der Waals surface area contributed by atoms with Gasteiger partial charge in [0.2, 0.25) is 5.78 Å². The molecular weight excluding hydrogens is 250 g/mol. The molecule has 3 nitrogen and oxygen atoms in total. The van der Waals surface area contributed by atoms with Gasteiger partial charge in [0.1, 0.15) is 17.4 Å². The van der Waals surface area contributed by atoms with Crippen LogP contribution >= 0.6 is 0 Å². The molecule has 0 aliphatic carbocycles. The third-order valence-electron chi connectivity index (χ3n) is 2.84. The quantitative estimate of drug-likeness (QED) is 0.482. The minimum absolute atomic E-state index is 0.0840. The van der Waals surface area contributed by atoms with Crippen LogP contribution in [0.15, 0.2) is 60.2 Å². The maximum atomic E-state index is 12.2. The summed E-state index contributed by atoms with van der Waals surface area (Å²) in [6, 6.07) is 18.0. The van der Waals surface area contributed by atoms with E-state index in [1.807, 2.05) is 24.3 Å². The average Bonchev–Trinajstić information content (AvgIpc) is 2.53. The van der Waals surface area contributed by atoms with E-state index >= 15 is 0 Å². The Morgan fingerprint density at radius 1 is 1.10 bits per heavy atom. The number of Topliss-reactive ketones (excluding diaryl/α,β-unsaturated/α-hetero) is 1. The molecule has 2 rings (SSSR count). The highest BCUT2D eigenvalue weighted by molar-refractivity contribution is 6.14. The molecule has 0 aliphatic heterocycles. The molecule has 0 N–H and O–H groups in total. The van der Waals surface area contributed by atoms with Crippen LogP contribution in [0.2, 0.25) is 0 Å². The molecule has 98 valence electrons. The number of hydrogen-bond donors (Lipinski definition) is 0. The van der Waals surface area contributed by atoms with Crippen LogP contribution in [0, 0.1) is 11.3 Å². The number of rotatable bonds is 4. The highest BCUT2D eigenvalue weighted by Crippen LogP contribution is 2.21. The van der Waals surface area contributed by atoms with Crippen LogP contribution in [0.1, 0.15) is 15.9 Å². The number of ketones is 1. The van der Waals surface area contributed by atoms with E-state index in [4.69, 9.17) is 4.74 Å². The minimum atomic E-state index is -0.293. The van der Waals surface area contributed by atoms with Gasteiger partial charge in [0.25, 0.3) is 0 Å². The van der Waals surface area contributed by atoms with E-state index in [2.05, 4.69) is 0 Å². The summed E-state index contributed by atoms with van der Waals surface area (Å²) in [6.45, 7) is 0. The highest BCUT2D eigenvalue weighted by atomic mass is 16.5. The number of methoxy groups -OCH3 is 1. The number of nitriles is 1. The lowest BCUT2D eigenvalue weighted by Gasteiger charge is -2.04. The predicted octanol–water partition coefficient (Wildman–Crippen LogP) is 3.49. The van der Waals surface area contributed by atoms with Crippen LogP contribution < -0.4 is 4.74 Å². The minimum Gasteiger partial charge on any atom is -0.496 e. The first kappa shape index (κ1) is 13.6. The summed E-state index contributed by atoms with van der Waals surface area (Å²) >= 11 is 0. The first-order valence-corrected chi connectivity index (χ1v) is 6.11. The zero-order chi connectivity index (χ0) is 14.4. The van der Waals surface area contributed by atoms with Crippen molar-refractivity contribution < 1.29 is 9.53 Å². The summed E-state index contributed by atoms with van der Waals surface area (Å²) in [7, 11) is 1.55. The summed E-state index contributed by atoms with van der Waals surface area (Å²) in [5.41, 5.74) is 1.28.